The molecule has 0 unspecified atom stereocenters. The summed E-state index contributed by atoms with van der Waals surface area (Å²) in [5.41, 5.74) is 0.832. The zero-order valence-corrected chi connectivity index (χ0v) is 14.4. The van der Waals surface area contributed by atoms with Crippen LogP contribution in [0.1, 0.15) is 58.3 Å². The molecule has 0 spiro atoms. The highest BCUT2D eigenvalue weighted by Crippen LogP contribution is 2.33. The molecule has 1 heterocycles. The molecule has 24 heavy (non-hydrogen) atoms. The van der Waals surface area contributed by atoms with Crippen LogP contribution in [0.5, 0.6) is 0 Å². The first-order valence-electron chi connectivity index (χ1n) is 9.08. The maximum atomic E-state index is 12.0. The van der Waals surface area contributed by atoms with Crippen LogP contribution in [0, 0.1) is 5.92 Å². The first-order chi connectivity index (χ1) is 11.6. The molecule has 1 aliphatic carbocycles. The lowest BCUT2D eigenvalue weighted by molar-refractivity contribution is -0.137. The van der Waals surface area contributed by atoms with E-state index in [-0.39, 0.29) is 30.3 Å². The minimum absolute atomic E-state index is 0.0197. The highest BCUT2D eigenvalue weighted by Gasteiger charge is 2.38. The number of ether oxygens (including phenoxy) is 1. The minimum Gasteiger partial charge on any atom is -0.481 e. The first kappa shape index (κ1) is 18.7. The fraction of sp³-hybridized carbons (Fsp3) is 0.600. The predicted octanol–water partition coefficient (Wildman–Crippen LogP) is 4.22. The molecule has 0 aromatic heterocycles. The molecular formula is C20H28O4. The van der Waals surface area contributed by atoms with Crippen molar-refractivity contribution in [1.82, 2.24) is 0 Å². The van der Waals surface area contributed by atoms with Gasteiger partial charge in [-0.15, -0.1) is 0 Å². The van der Waals surface area contributed by atoms with Crippen molar-refractivity contribution in [3.63, 3.8) is 0 Å². The van der Waals surface area contributed by atoms with Gasteiger partial charge in [-0.3, -0.25) is 9.59 Å². The molecular weight excluding hydrogens is 304 g/mol. The molecule has 1 aliphatic heterocycles. The smallest absolute Gasteiger partial charge is 0.303 e. The lowest BCUT2D eigenvalue weighted by atomic mass is 9.96. The second-order valence-corrected chi connectivity index (χ2v) is 6.58. The Labute approximate surface area is 144 Å². The molecule has 0 bridgehead atoms. The van der Waals surface area contributed by atoms with E-state index in [2.05, 4.69) is 19.1 Å². The summed E-state index contributed by atoms with van der Waals surface area (Å²) in [6.45, 7) is 2.20. The van der Waals surface area contributed by atoms with E-state index in [0.29, 0.717) is 6.42 Å². The van der Waals surface area contributed by atoms with Crippen molar-refractivity contribution in [3.8, 4) is 0 Å². The molecule has 0 aromatic rings. The van der Waals surface area contributed by atoms with Gasteiger partial charge in [0.05, 0.1) is 6.10 Å². The van der Waals surface area contributed by atoms with E-state index in [0.717, 1.165) is 24.8 Å². The van der Waals surface area contributed by atoms with Gasteiger partial charge in [-0.2, -0.15) is 0 Å². The van der Waals surface area contributed by atoms with Crippen LogP contribution in [-0.2, 0) is 14.3 Å². The van der Waals surface area contributed by atoms with E-state index in [1.165, 1.54) is 19.3 Å². The topological polar surface area (TPSA) is 66.9 Å². The number of epoxide rings is 1. The van der Waals surface area contributed by atoms with Crippen molar-refractivity contribution in [3.05, 3.63) is 36.0 Å². The number of hydrogen-bond acceptors (Lipinski definition) is 3. The quantitative estimate of drug-likeness (QED) is 0.266. The van der Waals surface area contributed by atoms with Crippen molar-refractivity contribution < 1.29 is 19.4 Å². The SMILES string of the molecule is CCCCC/C=C\C[C@H]1C=CC(=O)/C1=C\[C@H]1O[C@@H]1CCCC(=O)O. The number of carbonyl (C=O) groups excluding carboxylic acids is 1. The highest BCUT2D eigenvalue weighted by molar-refractivity contribution is 6.07. The molecule has 4 nitrogen and oxygen atoms in total. The number of ketones is 1. The van der Waals surface area contributed by atoms with Crippen molar-refractivity contribution in [2.24, 2.45) is 5.92 Å². The summed E-state index contributed by atoms with van der Waals surface area (Å²) in [5, 5.41) is 8.65. The largest absolute Gasteiger partial charge is 0.481 e. The maximum Gasteiger partial charge on any atom is 0.303 e. The summed E-state index contributed by atoms with van der Waals surface area (Å²) in [7, 11) is 0. The van der Waals surface area contributed by atoms with Crippen molar-refractivity contribution in [2.75, 3.05) is 0 Å². The summed E-state index contributed by atoms with van der Waals surface area (Å²) < 4.78 is 5.56. The Hall–Kier alpha value is -1.68. The second-order valence-electron chi connectivity index (χ2n) is 6.58. The first-order valence-corrected chi connectivity index (χ1v) is 9.08. The molecule has 0 aromatic carbocycles. The van der Waals surface area contributed by atoms with Crippen molar-refractivity contribution in [2.45, 2.75) is 70.5 Å². The van der Waals surface area contributed by atoms with Gasteiger partial charge in [-0.1, -0.05) is 38.0 Å². The van der Waals surface area contributed by atoms with Gasteiger partial charge in [-0.05, 0) is 44.3 Å². The Morgan fingerprint density at radius 3 is 2.88 bits per heavy atom. The number of hydrogen-bond donors (Lipinski definition) is 1. The fourth-order valence-corrected chi connectivity index (χ4v) is 3.04. The van der Waals surface area contributed by atoms with Crippen LogP contribution in [0.3, 0.4) is 0 Å². The van der Waals surface area contributed by atoms with Crippen LogP contribution < -0.4 is 0 Å². The molecule has 0 radical (unpaired) electrons. The number of unbranched alkanes of at least 4 members (excludes halogenated alkanes) is 3. The normalized spacial score (nSPS) is 27.5. The van der Waals surface area contributed by atoms with Gasteiger partial charge in [0, 0.05) is 17.9 Å². The summed E-state index contributed by atoms with van der Waals surface area (Å²) in [5.74, 6) is -0.533. The van der Waals surface area contributed by atoms with Crippen LogP contribution in [-0.4, -0.2) is 29.1 Å². The van der Waals surface area contributed by atoms with Gasteiger partial charge in [0.15, 0.2) is 5.78 Å². The summed E-state index contributed by atoms with van der Waals surface area (Å²) >= 11 is 0. The summed E-state index contributed by atoms with van der Waals surface area (Å²) in [4.78, 5) is 22.5. The monoisotopic (exact) mass is 332 g/mol. The molecule has 1 N–H and O–H groups in total. The number of carboxylic acid groups (broad SMARTS) is 1. The van der Waals surface area contributed by atoms with E-state index in [4.69, 9.17) is 9.84 Å². The molecule has 1 saturated heterocycles. The Morgan fingerprint density at radius 2 is 2.12 bits per heavy atom. The highest BCUT2D eigenvalue weighted by atomic mass is 16.6. The van der Waals surface area contributed by atoms with Gasteiger partial charge >= 0.3 is 5.97 Å². The van der Waals surface area contributed by atoms with Gasteiger partial charge < -0.3 is 9.84 Å². The number of allylic oxidation sites excluding steroid dienone is 5. The van der Waals surface area contributed by atoms with Crippen molar-refractivity contribution >= 4 is 11.8 Å². The summed E-state index contributed by atoms with van der Waals surface area (Å²) in [6, 6.07) is 0. The number of rotatable bonds is 11. The van der Waals surface area contributed by atoms with Crippen LogP contribution in [0.15, 0.2) is 36.0 Å². The number of carboxylic acids is 1. The zero-order chi connectivity index (χ0) is 17.4. The molecule has 0 amide bonds. The molecule has 1 fully saturated rings. The molecule has 2 aliphatic rings. The average molecular weight is 332 g/mol. The maximum absolute atomic E-state index is 12.0. The Balaban J connectivity index is 1.76. The van der Waals surface area contributed by atoms with Gasteiger partial charge in [0.25, 0.3) is 0 Å². The second kappa shape index (κ2) is 9.58. The Bertz CT molecular complexity index is 530. The van der Waals surface area contributed by atoms with Crippen LogP contribution in [0.2, 0.25) is 0 Å². The van der Waals surface area contributed by atoms with E-state index in [1.54, 1.807) is 6.08 Å². The molecule has 0 saturated carbocycles. The fourth-order valence-electron chi connectivity index (χ4n) is 3.04. The van der Waals surface area contributed by atoms with E-state index < -0.39 is 5.97 Å². The van der Waals surface area contributed by atoms with Crippen molar-refractivity contribution in [1.29, 1.82) is 0 Å². The molecule has 2 rings (SSSR count). The van der Waals surface area contributed by atoms with E-state index in [9.17, 15) is 9.59 Å². The predicted molar refractivity (Wildman–Crippen MR) is 93.8 cm³/mol. The Kier molecular flexibility index (Phi) is 7.44. The zero-order valence-electron chi connectivity index (χ0n) is 14.4. The lowest BCUT2D eigenvalue weighted by Crippen LogP contribution is -2.05. The summed E-state index contributed by atoms with van der Waals surface area (Å²) in [6.07, 6.45) is 17.3. The van der Waals surface area contributed by atoms with Crippen LogP contribution in [0.25, 0.3) is 0 Å². The number of aliphatic carboxylic acids is 1. The third-order valence-electron chi connectivity index (χ3n) is 4.54. The third-order valence-corrected chi connectivity index (χ3v) is 4.54. The molecule has 132 valence electrons. The van der Waals surface area contributed by atoms with Crippen LogP contribution >= 0.6 is 0 Å². The Morgan fingerprint density at radius 1 is 1.29 bits per heavy atom. The van der Waals surface area contributed by atoms with E-state index in [1.807, 2.05) is 12.2 Å². The average Bonchev–Trinajstić information content (AvgIpc) is 3.19. The lowest BCUT2D eigenvalue weighted by Gasteiger charge is -2.06. The molecule has 4 heteroatoms. The van der Waals surface area contributed by atoms with Gasteiger partial charge in [0.2, 0.25) is 0 Å². The standard InChI is InChI=1S/C20H28O4/c1-2-3-4-5-6-7-9-15-12-13-17(21)16(15)14-19-18(24-19)10-8-11-20(22)23/h6-7,12-15,18-19H,2-5,8-11H2,1H3,(H,22,23)/b7-6-,16-14-/t15-,18+,19+/m0/s1. The van der Waals surface area contributed by atoms with Gasteiger partial charge in [0.1, 0.15) is 6.10 Å². The van der Waals surface area contributed by atoms with Gasteiger partial charge in [-0.25, -0.2) is 0 Å². The third kappa shape index (κ3) is 6.08. The minimum atomic E-state index is -0.772. The van der Waals surface area contributed by atoms with E-state index >= 15 is 0 Å². The molecule has 3 atom stereocenters. The van der Waals surface area contributed by atoms with Crippen LogP contribution in [0.4, 0.5) is 0 Å². The number of carbonyl (C=O) groups is 2.